The molecule has 24 heavy (non-hydrogen) atoms. The lowest BCUT2D eigenvalue weighted by molar-refractivity contribution is 0.0697. The lowest BCUT2D eigenvalue weighted by Gasteiger charge is -2.23. The third-order valence-corrected chi connectivity index (χ3v) is 4.68. The largest absolute Gasteiger partial charge is 0.478 e. The fourth-order valence-corrected chi connectivity index (χ4v) is 3.59. The number of hydrogen-bond donors (Lipinski definition) is 2. The smallest absolute Gasteiger partial charge is 0.335 e. The highest BCUT2D eigenvalue weighted by Crippen LogP contribution is 2.38. The molecule has 1 heterocycles. The van der Waals surface area contributed by atoms with Crippen LogP contribution in [0.15, 0.2) is 12.1 Å². The van der Waals surface area contributed by atoms with Crippen LogP contribution in [0.4, 0.5) is 0 Å². The lowest BCUT2D eigenvalue weighted by atomic mass is 9.83. The molecule has 0 amide bonds. The molecule has 1 aromatic carbocycles. The van der Waals surface area contributed by atoms with Crippen LogP contribution in [0.3, 0.4) is 0 Å². The number of fused-ring (bicyclic) bond motifs is 1. The Morgan fingerprint density at radius 1 is 1.29 bits per heavy atom. The molecule has 2 aromatic rings. The first-order valence-corrected chi connectivity index (χ1v) is 8.70. The maximum atomic E-state index is 11.6. The Morgan fingerprint density at radius 2 is 1.92 bits per heavy atom. The molecule has 0 aliphatic heterocycles. The van der Waals surface area contributed by atoms with Gasteiger partial charge in [-0.2, -0.15) is 0 Å². The summed E-state index contributed by atoms with van der Waals surface area (Å²) in [6, 6.07) is 3.68. The molecule has 0 aliphatic rings. The van der Waals surface area contributed by atoms with Crippen molar-refractivity contribution in [1.29, 1.82) is 0 Å². The third-order valence-electron chi connectivity index (χ3n) is 4.68. The normalized spacial score (nSPS) is 12.3. The Bertz CT molecular complexity index is 764. The molecule has 132 valence electrons. The fourth-order valence-electron chi connectivity index (χ4n) is 3.59. The highest BCUT2D eigenvalue weighted by Gasteiger charge is 2.26. The molecule has 0 spiro atoms. The number of carboxylic acid groups (broad SMARTS) is 1. The van der Waals surface area contributed by atoms with E-state index in [-0.39, 0.29) is 5.41 Å². The summed E-state index contributed by atoms with van der Waals surface area (Å²) in [6.07, 6.45) is 0.909. The molecule has 0 fully saturated rings. The van der Waals surface area contributed by atoms with E-state index in [1.54, 1.807) is 0 Å². The zero-order valence-corrected chi connectivity index (χ0v) is 15.7. The summed E-state index contributed by atoms with van der Waals surface area (Å²) in [5.41, 5.74) is 10.7. The van der Waals surface area contributed by atoms with E-state index in [9.17, 15) is 9.90 Å². The summed E-state index contributed by atoms with van der Waals surface area (Å²) < 4.78 is 2.34. The van der Waals surface area contributed by atoms with Crippen LogP contribution >= 0.6 is 0 Å². The van der Waals surface area contributed by atoms with E-state index in [4.69, 9.17) is 5.73 Å². The van der Waals surface area contributed by atoms with Gasteiger partial charge in [-0.15, -0.1) is 0 Å². The minimum absolute atomic E-state index is 0.136. The van der Waals surface area contributed by atoms with Crippen LogP contribution in [-0.2, 0) is 12.0 Å². The van der Waals surface area contributed by atoms with Gasteiger partial charge >= 0.3 is 5.97 Å². The summed E-state index contributed by atoms with van der Waals surface area (Å²) >= 11 is 0. The summed E-state index contributed by atoms with van der Waals surface area (Å²) in [6.45, 7) is 14.4. The molecule has 4 nitrogen and oxygen atoms in total. The van der Waals surface area contributed by atoms with Gasteiger partial charge in [-0.25, -0.2) is 4.79 Å². The van der Waals surface area contributed by atoms with Crippen molar-refractivity contribution in [3.8, 4) is 0 Å². The Morgan fingerprint density at radius 3 is 2.38 bits per heavy atom. The molecular formula is C20H30N2O2. The van der Waals surface area contributed by atoms with Crippen molar-refractivity contribution >= 4 is 16.9 Å². The van der Waals surface area contributed by atoms with Crippen molar-refractivity contribution in [2.75, 3.05) is 6.54 Å². The van der Waals surface area contributed by atoms with Crippen LogP contribution < -0.4 is 5.73 Å². The number of carboxylic acids is 1. The first kappa shape index (κ1) is 18.5. The Labute approximate surface area is 144 Å². The van der Waals surface area contributed by atoms with Crippen molar-refractivity contribution in [2.24, 2.45) is 5.73 Å². The van der Waals surface area contributed by atoms with Crippen molar-refractivity contribution in [3.05, 3.63) is 34.5 Å². The zero-order chi connectivity index (χ0) is 18.2. The number of hydrogen-bond acceptors (Lipinski definition) is 2. The number of nitrogens with two attached hydrogens (primary N) is 1. The molecule has 2 rings (SSSR count). The standard InChI is InChI=1S/C20H30N2O2/c1-12(2)17-13(3)22(9-7-8-21)18-15(17)10-14(19(23)24)11-16(18)20(4,5)6/h10-12H,7-9,21H2,1-6H3,(H,23,24). The Balaban J connectivity index is 2.96. The van der Waals surface area contributed by atoms with Crippen LogP contribution in [0, 0.1) is 6.92 Å². The predicted octanol–water partition coefficient (Wildman–Crippen LogP) is 4.42. The van der Waals surface area contributed by atoms with Gasteiger partial charge in [0.05, 0.1) is 11.1 Å². The number of carbonyl (C=O) groups is 1. The molecule has 0 radical (unpaired) electrons. The van der Waals surface area contributed by atoms with E-state index >= 15 is 0 Å². The van der Waals surface area contributed by atoms with Crippen molar-refractivity contribution in [3.63, 3.8) is 0 Å². The predicted molar refractivity (Wildman–Crippen MR) is 100 cm³/mol. The highest BCUT2D eigenvalue weighted by atomic mass is 16.4. The number of nitrogens with zero attached hydrogens (tertiary/aromatic N) is 1. The van der Waals surface area contributed by atoms with Crippen molar-refractivity contribution in [1.82, 2.24) is 4.57 Å². The second kappa shape index (κ2) is 6.60. The van der Waals surface area contributed by atoms with E-state index in [1.807, 2.05) is 12.1 Å². The Hall–Kier alpha value is -1.81. The molecule has 3 N–H and O–H groups in total. The van der Waals surface area contributed by atoms with Gasteiger partial charge in [0.2, 0.25) is 0 Å². The van der Waals surface area contributed by atoms with Gasteiger partial charge in [0, 0.05) is 17.6 Å². The molecule has 0 atom stereocenters. The number of benzene rings is 1. The van der Waals surface area contributed by atoms with Gasteiger partial charge in [0.1, 0.15) is 0 Å². The second-order valence-electron chi connectivity index (χ2n) is 7.92. The maximum absolute atomic E-state index is 11.6. The van der Waals surface area contributed by atoms with Gasteiger partial charge < -0.3 is 15.4 Å². The topological polar surface area (TPSA) is 68.2 Å². The van der Waals surface area contributed by atoms with Crippen LogP contribution in [0.25, 0.3) is 10.9 Å². The summed E-state index contributed by atoms with van der Waals surface area (Å²) in [7, 11) is 0. The first-order valence-electron chi connectivity index (χ1n) is 8.70. The van der Waals surface area contributed by atoms with Gasteiger partial charge in [-0.1, -0.05) is 34.6 Å². The molecular weight excluding hydrogens is 300 g/mol. The van der Waals surface area contributed by atoms with E-state index in [1.165, 1.54) is 16.8 Å². The Kier molecular flexibility index (Phi) is 5.09. The fraction of sp³-hybridized carbons (Fsp3) is 0.550. The number of rotatable bonds is 5. The molecule has 0 saturated carbocycles. The van der Waals surface area contributed by atoms with Gasteiger partial charge in [0.25, 0.3) is 0 Å². The molecule has 0 bridgehead atoms. The monoisotopic (exact) mass is 330 g/mol. The van der Waals surface area contributed by atoms with Crippen LogP contribution in [0.5, 0.6) is 0 Å². The van der Waals surface area contributed by atoms with Crippen molar-refractivity contribution < 1.29 is 9.90 Å². The summed E-state index contributed by atoms with van der Waals surface area (Å²) in [5.74, 6) is -0.534. The number of aromatic carboxylic acids is 1. The minimum Gasteiger partial charge on any atom is -0.478 e. The molecule has 4 heteroatoms. The van der Waals surface area contributed by atoms with E-state index in [0.717, 1.165) is 23.9 Å². The van der Waals surface area contributed by atoms with E-state index < -0.39 is 5.97 Å². The minimum atomic E-state index is -0.871. The van der Waals surface area contributed by atoms with Gasteiger partial charge in [-0.3, -0.25) is 0 Å². The van der Waals surface area contributed by atoms with Crippen molar-refractivity contribution in [2.45, 2.75) is 65.8 Å². The lowest BCUT2D eigenvalue weighted by Crippen LogP contribution is -2.16. The first-order chi connectivity index (χ1) is 11.1. The van der Waals surface area contributed by atoms with Gasteiger partial charge in [-0.05, 0) is 54.5 Å². The van der Waals surface area contributed by atoms with E-state index in [0.29, 0.717) is 18.0 Å². The van der Waals surface area contributed by atoms with E-state index in [2.05, 4.69) is 46.1 Å². The van der Waals surface area contributed by atoms with Crippen LogP contribution in [-0.4, -0.2) is 22.2 Å². The average Bonchev–Trinajstić information content (AvgIpc) is 2.74. The molecule has 0 unspecified atom stereocenters. The zero-order valence-electron chi connectivity index (χ0n) is 15.7. The molecule has 0 aliphatic carbocycles. The third kappa shape index (κ3) is 3.20. The molecule has 0 saturated heterocycles. The quantitative estimate of drug-likeness (QED) is 0.853. The summed E-state index contributed by atoms with van der Waals surface area (Å²) in [5, 5.41) is 10.6. The number of aryl methyl sites for hydroxylation is 1. The maximum Gasteiger partial charge on any atom is 0.335 e. The SMILES string of the molecule is Cc1c(C(C)C)c2cc(C(=O)O)cc(C(C)(C)C)c2n1CCCN. The highest BCUT2D eigenvalue weighted by molar-refractivity contribution is 5.98. The summed E-state index contributed by atoms with van der Waals surface area (Å²) in [4.78, 5) is 11.6. The second-order valence-corrected chi connectivity index (χ2v) is 7.92. The average molecular weight is 330 g/mol. The van der Waals surface area contributed by atoms with Gasteiger partial charge in [0.15, 0.2) is 0 Å². The van der Waals surface area contributed by atoms with Crippen LogP contribution in [0.1, 0.15) is 74.1 Å². The number of aromatic nitrogens is 1. The van der Waals surface area contributed by atoms with Crippen LogP contribution in [0.2, 0.25) is 0 Å². The molecule has 1 aromatic heterocycles.